The lowest BCUT2D eigenvalue weighted by Crippen LogP contribution is -2.45. The Bertz CT molecular complexity index is 906. The van der Waals surface area contributed by atoms with Gasteiger partial charge in [-0.15, -0.1) is 0 Å². The van der Waals surface area contributed by atoms with Gasteiger partial charge in [0, 0.05) is 49.0 Å². The molecule has 1 saturated carbocycles. The maximum atomic E-state index is 12.3. The van der Waals surface area contributed by atoms with E-state index >= 15 is 0 Å². The Morgan fingerprint density at radius 1 is 1.06 bits per heavy atom. The number of nitrogens with one attached hydrogen (secondary N) is 2. The van der Waals surface area contributed by atoms with Crippen LogP contribution in [-0.2, 0) is 4.79 Å². The van der Waals surface area contributed by atoms with Gasteiger partial charge in [0.1, 0.15) is 24.2 Å². The molecule has 0 bridgehead atoms. The van der Waals surface area contributed by atoms with Crippen LogP contribution in [0.4, 0.5) is 11.4 Å². The van der Waals surface area contributed by atoms with E-state index in [1.165, 1.54) is 5.69 Å². The van der Waals surface area contributed by atoms with E-state index in [1.807, 2.05) is 36.4 Å². The number of aliphatic hydroxyl groups is 1. The van der Waals surface area contributed by atoms with E-state index in [9.17, 15) is 9.90 Å². The molecule has 0 radical (unpaired) electrons. The summed E-state index contributed by atoms with van der Waals surface area (Å²) in [6, 6.07) is 16.0. The molecular formula is C27H37N3O4. The number of methoxy groups -OCH3 is 1. The lowest BCUT2D eigenvalue weighted by atomic mass is 10.0. The second kappa shape index (κ2) is 12.1. The Morgan fingerprint density at radius 3 is 2.47 bits per heavy atom. The summed E-state index contributed by atoms with van der Waals surface area (Å²) in [4.78, 5) is 14.7. The van der Waals surface area contributed by atoms with Crippen molar-refractivity contribution in [3.05, 3.63) is 48.5 Å². The van der Waals surface area contributed by atoms with Crippen molar-refractivity contribution in [1.82, 2.24) is 5.32 Å². The molecule has 2 aromatic carbocycles. The summed E-state index contributed by atoms with van der Waals surface area (Å²) >= 11 is 0. The van der Waals surface area contributed by atoms with Crippen LogP contribution in [0.3, 0.4) is 0 Å². The molecule has 4 rings (SSSR count). The molecule has 1 aliphatic carbocycles. The molecule has 1 saturated heterocycles. The van der Waals surface area contributed by atoms with Gasteiger partial charge in [-0.05, 0) is 62.1 Å². The number of piperidine rings is 1. The Balaban J connectivity index is 1.15. The summed E-state index contributed by atoms with van der Waals surface area (Å²) in [5.74, 6) is 1.77. The van der Waals surface area contributed by atoms with Crippen molar-refractivity contribution < 1.29 is 19.4 Å². The smallest absolute Gasteiger partial charge is 0.227 e. The number of benzene rings is 2. The number of anilines is 2. The minimum atomic E-state index is -0.573. The van der Waals surface area contributed by atoms with Crippen LogP contribution in [0.1, 0.15) is 38.5 Å². The Labute approximate surface area is 202 Å². The van der Waals surface area contributed by atoms with Gasteiger partial charge in [-0.1, -0.05) is 18.9 Å². The van der Waals surface area contributed by atoms with Crippen molar-refractivity contribution in [3.8, 4) is 11.5 Å². The van der Waals surface area contributed by atoms with Crippen LogP contribution < -0.4 is 25.0 Å². The van der Waals surface area contributed by atoms with Crippen LogP contribution in [0.2, 0.25) is 0 Å². The minimum Gasteiger partial charge on any atom is -0.497 e. The molecule has 3 N–H and O–H groups in total. The summed E-state index contributed by atoms with van der Waals surface area (Å²) in [5, 5.41) is 16.8. The molecule has 2 fully saturated rings. The molecule has 0 spiro atoms. The maximum absolute atomic E-state index is 12.3. The zero-order valence-electron chi connectivity index (χ0n) is 20.0. The van der Waals surface area contributed by atoms with E-state index in [4.69, 9.17) is 9.47 Å². The molecule has 1 aliphatic heterocycles. The zero-order chi connectivity index (χ0) is 23.8. The highest BCUT2D eigenvalue weighted by Gasteiger charge is 2.23. The van der Waals surface area contributed by atoms with E-state index in [0.717, 1.165) is 63.1 Å². The SMILES string of the molecule is COc1cccc(OC[C@H](O)CNC2CCN(c3ccc(NC(=O)C4CCCC4)cc3)CC2)c1. The zero-order valence-corrected chi connectivity index (χ0v) is 20.0. The van der Waals surface area contributed by atoms with Gasteiger partial charge in [0.25, 0.3) is 0 Å². The number of carbonyl (C=O) groups is 1. The van der Waals surface area contributed by atoms with Gasteiger partial charge < -0.3 is 30.1 Å². The Hall–Kier alpha value is -2.77. The highest BCUT2D eigenvalue weighted by molar-refractivity contribution is 5.92. The van der Waals surface area contributed by atoms with Crippen molar-refractivity contribution in [2.45, 2.75) is 50.7 Å². The van der Waals surface area contributed by atoms with E-state index in [1.54, 1.807) is 7.11 Å². The maximum Gasteiger partial charge on any atom is 0.227 e. The summed E-state index contributed by atoms with van der Waals surface area (Å²) in [6.45, 7) is 2.66. The molecule has 2 aromatic rings. The van der Waals surface area contributed by atoms with Gasteiger partial charge in [-0.25, -0.2) is 0 Å². The van der Waals surface area contributed by atoms with Crippen LogP contribution in [0.5, 0.6) is 11.5 Å². The average Bonchev–Trinajstić information content (AvgIpc) is 3.43. The Morgan fingerprint density at radius 2 is 1.76 bits per heavy atom. The standard InChI is InChI=1S/C27H37N3O4/c1-33-25-7-4-8-26(17-25)34-19-24(31)18-28-21-13-15-30(16-14-21)23-11-9-22(10-12-23)29-27(32)20-5-2-3-6-20/h4,7-12,17,20-21,24,28,31H,2-3,5-6,13-16,18-19H2,1H3,(H,29,32)/t24-/m1/s1. The van der Waals surface area contributed by atoms with Gasteiger partial charge in [-0.3, -0.25) is 4.79 Å². The summed E-state index contributed by atoms with van der Waals surface area (Å²) in [5.41, 5.74) is 2.06. The monoisotopic (exact) mass is 467 g/mol. The van der Waals surface area contributed by atoms with Crippen molar-refractivity contribution in [1.29, 1.82) is 0 Å². The number of carbonyl (C=O) groups excluding carboxylic acids is 1. The van der Waals surface area contributed by atoms with Crippen LogP contribution in [0.15, 0.2) is 48.5 Å². The molecule has 7 heteroatoms. The first-order chi connectivity index (χ1) is 16.6. The number of rotatable bonds is 10. The van der Waals surface area contributed by atoms with Gasteiger partial charge in [0.15, 0.2) is 0 Å². The molecule has 1 atom stereocenters. The third-order valence-electron chi connectivity index (χ3n) is 6.85. The fourth-order valence-electron chi connectivity index (χ4n) is 4.77. The normalized spacial score (nSPS) is 18.0. The lowest BCUT2D eigenvalue weighted by Gasteiger charge is -2.34. The summed E-state index contributed by atoms with van der Waals surface area (Å²) < 4.78 is 10.9. The largest absolute Gasteiger partial charge is 0.497 e. The third-order valence-corrected chi connectivity index (χ3v) is 6.85. The van der Waals surface area contributed by atoms with Crippen molar-refractivity contribution in [3.63, 3.8) is 0 Å². The first-order valence-corrected chi connectivity index (χ1v) is 12.4. The number of aliphatic hydroxyl groups excluding tert-OH is 1. The van der Waals surface area contributed by atoms with E-state index < -0.39 is 6.10 Å². The van der Waals surface area contributed by atoms with Crippen LogP contribution >= 0.6 is 0 Å². The Kier molecular flexibility index (Phi) is 8.66. The quantitative estimate of drug-likeness (QED) is 0.493. The fraction of sp³-hybridized carbons (Fsp3) is 0.519. The minimum absolute atomic E-state index is 0.160. The molecule has 7 nitrogen and oxygen atoms in total. The highest BCUT2D eigenvalue weighted by Crippen LogP contribution is 2.27. The molecule has 0 aromatic heterocycles. The average molecular weight is 468 g/mol. The van der Waals surface area contributed by atoms with Crippen molar-refractivity contribution in [2.75, 3.05) is 43.6 Å². The van der Waals surface area contributed by atoms with Crippen LogP contribution in [0.25, 0.3) is 0 Å². The molecular weight excluding hydrogens is 430 g/mol. The van der Waals surface area contributed by atoms with Gasteiger partial charge in [0.2, 0.25) is 5.91 Å². The second-order valence-corrected chi connectivity index (χ2v) is 9.33. The van der Waals surface area contributed by atoms with Crippen LogP contribution in [-0.4, -0.2) is 56.5 Å². The molecule has 0 unspecified atom stereocenters. The fourth-order valence-corrected chi connectivity index (χ4v) is 4.77. The van der Waals surface area contributed by atoms with Gasteiger partial charge in [0.05, 0.1) is 7.11 Å². The second-order valence-electron chi connectivity index (χ2n) is 9.33. The number of ether oxygens (including phenoxy) is 2. The number of hydrogen-bond acceptors (Lipinski definition) is 6. The molecule has 2 aliphatic rings. The first kappa shape index (κ1) is 24.4. The summed E-state index contributed by atoms with van der Waals surface area (Å²) in [7, 11) is 1.62. The molecule has 1 heterocycles. The number of amides is 1. The van der Waals surface area contributed by atoms with Crippen molar-refractivity contribution >= 4 is 17.3 Å². The predicted molar refractivity (Wildman–Crippen MR) is 135 cm³/mol. The third kappa shape index (κ3) is 6.87. The van der Waals surface area contributed by atoms with Gasteiger partial charge in [-0.2, -0.15) is 0 Å². The number of nitrogens with zero attached hydrogens (tertiary/aromatic N) is 1. The first-order valence-electron chi connectivity index (χ1n) is 12.4. The van der Waals surface area contributed by atoms with E-state index in [0.29, 0.717) is 18.3 Å². The predicted octanol–water partition coefficient (Wildman–Crippen LogP) is 3.82. The van der Waals surface area contributed by atoms with E-state index in [-0.39, 0.29) is 18.4 Å². The number of hydrogen-bond donors (Lipinski definition) is 3. The van der Waals surface area contributed by atoms with Crippen molar-refractivity contribution in [2.24, 2.45) is 5.92 Å². The van der Waals surface area contributed by atoms with E-state index in [2.05, 4.69) is 27.7 Å². The molecule has 34 heavy (non-hydrogen) atoms. The molecule has 1 amide bonds. The topological polar surface area (TPSA) is 83.1 Å². The molecule has 184 valence electrons. The lowest BCUT2D eigenvalue weighted by molar-refractivity contribution is -0.119. The van der Waals surface area contributed by atoms with Gasteiger partial charge >= 0.3 is 0 Å². The summed E-state index contributed by atoms with van der Waals surface area (Å²) in [6.07, 6.45) is 5.82. The highest BCUT2D eigenvalue weighted by atomic mass is 16.5. The van der Waals surface area contributed by atoms with Crippen LogP contribution in [0, 0.1) is 5.92 Å².